The SMILES string of the molecule is CC1=CC(C)=[C]([Zr+2]([C]2=CC=CC2)=[Si](C)C)C1.[Cl-].[Cl-]. The van der Waals surface area contributed by atoms with Crippen molar-refractivity contribution in [2.75, 3.05) is 0 Å². The summed E-state index contributed by atoms with van der Waals surface area (Å²) in [5.74, 6) is 0. The molecule has 0 aliphatic heterocycles. The molecule has 0 aromatic rings. The molecule has 2 rings (SSSR count). The summed E-state index contributed by atoms with van der Waals surface area (Å²) >= 11 is -1.42. The van der Waals surface area contributed by atoms with Gasteiger partial charge in [0.2, 0.25) is 0 Å². The number of hydrogen-bond donors (Lipinski definition) is 0. The maximum absolute atomic E-state index is 2.53. The molecule has 0 heterocycles. The third-order valence-electron chi connectivity index (χ3n) is 3.29. The smallest absolute Gasteiger partial charge is 1.00 e. The molecule has 0 nitrogen and oxygen atoms in total. The van der Waals surface area contributed by atoms with Crippen molar-refractivity contribution in [2.45, 2.75) is 39.8 Å². The molecule has 2 aliphatic carbocycles. The van der Waals surface area contributed by atoms with Gasteiger partial charge in [-0.25, -0.2) is 0 Å². The van der Waals surface area contributed by atoms with Crippen molar-refractivity contribution in [3.05, 3.63) is 42.0 Å². The second-order valence-electron chi connectivity index (χ2n) is 5.03. The van der Waals surface area contributed by atoms with E-state index in [0.29, 0.717) is 0 Å². The average molecular weight is 379 g/mol. The minimum absolute atomic E-state index is 0. The molecule has 98 valence electrons. The molecule has 0 spiro atoms. The first kappa shape index (κ1) is 18.6. The molecule has 0 amide bonds. The van der Waals surface area contributed by atoms with Gasteiger partial charge in [-0.1, -0.05) is 0 Å². The monoisotopic (exact) mass is 376 g/mol. The summed E-state index contributed by atoms with van der Waals surface area (Å²) in [6.07, 6.45) is 12.0. The van der Waals surface area contributed by atoms with Gasteiger partial charge in [0.25, 0.3) is 0 Å². The standard InChI is InChI=1S/C7H9.C5H5.C2H6Si.2ClH.Zr/c1-6-3-4-7(2)5-6;1-2-4-5-3-1;1-3-2;;;/h5H,3H2,1-2H3;1-3H,4H2;1-2H3;2*1H;/q;;;;;+2/p-2. The van der Waals surface area contributed by atoms with Crippen molar-refractivity contribution in [3.63, 3.8) is 0 Å². The number of allylic oxidation sites excluding steroid dienone is 8. The molecule has 0 saturated carbocycles. The van der Waals surface area contributed by atoms with E-state index in [-0.39, 0.29) is 30.2 Å². The predicted octanol–water partition coefficient (Wildman–Crippen LogP) is -1.67. The summed E-state index contributed by atoms with van der Waals surface area (Å²) < 4.78 is 3.74. The second kappa shape index (κ2) is 8.04. The van der Waals surface area contributed by atoms with Crippen LogP contribution in [0, 0.1) is 0 Å². The van der Waals surface area contributed by atoms with Gasteiger partial charge in [0, 0.05) is 0 Å². The van der Waals surface area contributed by atoms with Gasteiger partial charge < -0.3 is 24.8 Å². The minimum Gasteiger partial charge on any atom is -1.00 e. The molecular formula is C14H20Cl2SiZr. The van der Waals surface area contributed by atoms with Crippen LogP contribution in [0.15, 0.2) is 42.0 Å². The fourth-order valence-electron chi connectivity index (χ4n) is 2.66. The van der Waals surface area contributed by atoms with Crippen LogP contribution in [-0.2, 0) is 20.4 Å². The van der Waals surface area contributed by atoms with E-state index in [2.05, 4.69) is 51.2 Å². The number of halogens is 2. The van der Waals surface area contributed by atoms with Gasteiger partial charge >= 0.3 is 108 Å². The maximum atomic E-state index is 2.53. The predicted molar refractivity (Wildman–Crippen MR) is 70.4 cm³/mol. The molecule has 2 aliphatic rings. The van der Waals surface area contributed by atoms with Gasteiger partial charge in [-0.15, -0.1) is 0 Å². The fraction of sp³-hybridized carbons (Fsp3) is 0.429. The van der Waals surface area contributed by atoms with Crippen molar-refractivity contribution in [1.29, 1.82) is 0 Å². The largest absolute Gasteiger partial charge is 1.00 e. The van der Waals surface area contributed by atoms with Crippen molar-refractivity contribution in [2.24, 2.45) is 0 Å². The minimum atomic E-state index is -1.42. The summed E-state index contributed by atoms with van der Waals surface area (Å²) in [6.45, 7) is 9.69. The molecule has 0 bridgehead atoms. The fourth-order valence-corrected chi connectivity index (χ4v) is 20.5. The van der Waals surface area contributed by atoms with E-state index < -0.39 is 20.4 Å². The normalized spacial score (nSPS) is 16.4. The molecule has 0 fully saturated rings. The third kappa shape index (κ3) is 4.07. The molecule has 0 unspecified atom stereocenters. The Morgan fingerprint density at radius 1 is 1.17 bits per heavy atom. The van der Waals surface area contributed by atoms with Crippen LogP contribution >= 0.6 is 0 Å². The molecule has 0 aromatic heterocycles. The molecule has 0 radical (unpaired) electrons. The Morgan fingerprint density at radius 2 is 1.83 bits per heavy atom. The topological polar surface area (TPSA) is 0 Å². The van der Waals surface area contributed by atoms with Crippen molar-refractivity contribution in [1.82, 2.24) is 0 Å². The van der Waals surface area contributed by atoms with E-state index >= 15 is 0 Å². The molecule has 0 saturated heterocycles. The van der Waals surface area contributed by atoms with Gasteiger partial charge in [-0.2, -0.15) is 0 Å². The average Bonchev–Trinajstić information content (AvgIpc) is 2.78. The molecule has 0 N–H and O–H groups in total. The molecule has 18 heavy (non-hydrogen) atoms. The zero-order chi connectivity index (χ0) is 11.7. The third-order valence-corrected chi connectivity index (χ3v) is 20.7. The summed E-state index contributed by atoms with van der Waals surface area (Å²) in [7, 11) is 0. The van der Waals surface area contributed by atoms with Crippen LogP contribution in [0.25, 0.3) is 0 Å². The Morgan fingerprint density at radius 3 is 2.22 bits per heavy atom. The van der Waals surface area contributed by atoms with Crippen LogP contribution in [0.1, 0.15) is 26.7 Å². The van der Waals surface area contributed by atoms with Gasteiger partial charge in [0.1, 0.15) is 0 Å². The van der Waals surface area contributed by atoms with E-state index in [1.54, 1.807) is 11.1 Å². The van der Waals surface area contributed by atoms with Crippen LogP contribution in [0.3, 0.4) is 0 Å². The number of rotatable bonds is 2. The summed E-state index contributed by atoms with van der Waals surface area (Å²) in [6, 6.07) is 0. The zero-order valence-electron chi connectivity index (χ0n) is 11.5. The van der Waals surface area contributed by atoms with Gasteiger partial charge in [-0.05, 0) is 0 Å². The Hall–Kier alpha value is 0.640. The Labute approximate surface area is 131 Å². The summed E-state index contributed by atoms with van der Waals surface area (Å²) in [4.78, 5) is 0. The second-order valence-corrected chi connectivity index (χ2v) is 22.3. The van der Waals surface area contributed by atoms with Crippen molar-refractivity contribution in [3.8, 4) is 0 Å². The molecule has 4 heteroatoms. The Bertz CT molecular complexity index is 478. The van der Waals surface area contributed by atoms with E-state index in [9.17, 15) is 0 Å². The molecule has 0 aromatic carbocycles. The van der Waals surface area contributed by atoms with E-state index in [4.69, 9.17) is 0 Å². The van der Waals surface area contributed by atoms with Crippen LogP contribution in [0.2, 0.25) is 13.1 Å². The summed E-state index contributed by atoms with van der Waals surface area (Å²) in [5, 5.41) is 0. The van der Waals surface area contributed by atoms with E-state index in [1.807, 2.05) is 6.56 Å². The van der Waals surface area contributed by atoms with Gasteiger partial charge in [0.05, 0.1) is 0 Å². The Balaban J connectivity index is 0.00000144. The maximum Gasteiger partial charge on any atom is -1.00 e. The summed E-state index contributed by atoms with van der Waals surface area (Å²) in [5.41, 5.74) is 3.10. The van der Waals surface area contributed by atoms with E-state index in [0.717, 1.165) is 0 Å². The molecular weight excluding hydrogens is 358 g/mol. The first-order chi connectivity index (χ1) is 7.59. The van der Waals surface area contributed by atoms with Crippen molar-refractivity contribution >= 4 is 5.43 Å². The Kier molecular flexibility index (Phi) is 8.33. The van der Waals surface area contributed by atoms with E-state index in [1.165, 1.54) is 12.8 Å². The van der Waals surface area contributed by atoms with Gasteiger partial charge in [-0.3, -0.25) is 0 Å². The zero-order valence-corrected chi connectivity index (χ0v) is 16.4. The first-order valence-corrected chi connectivity index (χ1v) is 14.6. The van der Waals surface area contributed by atoms with Gasteiger partial charge in [0.15, 0.2) is 0 Å². The van der Waals surface area contributed by atoms with Crippen LogP contribution in [0.5, 0.6) is 0 Å². The van der Waals surface area contributed by atoms with Crippen LogP contribution < -0.4 is 24.8 Å². The van der Waals surface area contributed by atoms with Crippen LogP contribution in [0.4, 0.5) is 0 Å². The quantitative estimate of drug-likeness (QED) is 0.504. The van der Waals surface area contributed by atoms with Crippen molar-refractivity contribution < 1.29 is 45.2 Å². The first-order valence-electron chi connectivity index (χ1n) is 6.00. The van der Waals surface area contributed by atoms with Crippen LogP contribution in [-0.4, -0.2) is 5.43 Å². The number of hydrogen-bond acceptors (Lipinski definition) is 0. The molecule has 0 atom stereocenters.